The number of aliphatic hydroxyl groups excluding tert-OH is 2. The predicted octanol–water partition coefficient (Wildman–Crippen LogP) is -0.646. The fraction of sp³-hybridized carbons (Fsp3) is 1.00. The van der Waals surface area contributed by atoms with Gasteiger partial charge >= 0.3 is 0 Å². The molecule has 0 aliphatic heterocycles. The van der Waals surface area contributed by atoms with Gasteiger partial charge < -0.3 is 20.3 Å². The third-order valence-electron chi connectivity index (χ3n) is 1.57. The molecular weight excluding hydrogens is 158 g/mol. The standard InChI is InChI=1S/C8H19NO3/c1-8(2,6-10)9-4-7(11)5-12-3/h7,9-11H,4-6H2,1-3H3. The summed E-state index contributed by atoms with van der Waals surface area (Å²) in [4.78, 5) is 0. The Balaban J connectivity index is 3.52. The van der Waals surface area contributed by atoms with E-state index in [1.165, 1.54) is 0 Å². The molecule has 0 aromatic heterocycles. The minimum absolute atomic E-state index is 0.0483. The third-order valence-corrected chi connectivity index (χ3v) is 1.57. The number of methoxy groups -OCH3 is 1. The number of nitrogens with one attached hydrogen (secondary N) is 1. The second-order valence-corrected chi connectivity index (χ2v) is 3.53. The van der Waals surface area contributed by atoms with Crippen LogP contribution in [0.3, 0.4) is 0 Å². The second kappa shape index (κ2) is 5.48. The van der Waals surface area contributed by atoms with E-state index in [4.69, 9.17) is 9.84 Å². The molecule has 3 N–H and O–H groups in total. The van der Waals surface area contributed by atoms with Crippen LogP contribution in [0, 0.1) is 0 Å². The first kappa shape index (κ1) is 11.8. The maximum Gasteiger partial charge on any atom is 0.0897 e. The van der Waals surface area contributed by atoms with Crippen molar-refractivity contribution < 1.29 is 14.9 Å². The maximum absolute atomic E-state index is 9.24. The fourth-order valence-corrected chi connectivity index (χ4v) is 0.701. The minimum atomic E-state index is -0.513. The number of aliphatic hydroxyl groups is 2. The largest absolute Gasteiger partial charge is 0.394 e. The van der Waals surface area contributed by atoms with Gasteiger partial charge in [0.05, 0.1) is 19.3 Å². The molecule has 0 amide bonds. The lowest BCUT2D eigenvalue weighted by Crippen LogP contribution is -2.46. The molecule has 0 aliphatic carbocycles. The summed E-state index contributed by atoms with van der Waals surface area (Å²) >= 11 is 0. The van der Waals surface area contributed by atoms with Crippen LogP contribution in [0.15, 0.2) is 0 Å². The minimum Gasteiger partial charge on any atom is -0.394 e. The van der Waals surface area contributed by atoms with Gasteiger partial charge in [0.15, 0.2) is 0 Å². The highest BCUT2D eigenvalue weighted by Crippen LogP contribution is 1.99. The van der Waals surface area contributed by atoms with E-state index in [2.05, 4.69) is 5.32 Å². The number of β-amino-alcohol motifs (C(OH)–C–C–N with tert-alkyl or cyclic N) is 1. The number of ether oxygens (including phenoxy) is 1. The van der Waals surface area contributed by atoms with Gasteiger partial charge in [0.1, 0.15) is 0 Å². The average Bonchev–Trinajstić information content (AvgIpc) is 2.02. The molecule has 0 spiro atoms. The Morgan fingerprint density at radius 3 is 2.50 bits per heavy atom. The molecule has 0 saturated carbocycles. The van der Waals surface area contributed by atoms with E-state index in [0.29, 0.717) is 13.2 Å². The van der Waals surface area contributed by atoms with E-state index in [1.807, 2.05) is 13.8 Å². The van der Waals surface area contributed by atoms with Crippen LogP contribution in [0.1, 0.15) is 13.8 Å². The SMILES string of the molecule is COCC(O)CNC(C)(C)CO. The summed E-state index contributed by atoms with van der Waals surface area (Å²) in [5.74, 6) is 0. The summed E-state index contributed by atoms with van der Waals surface area (Å²) in [5, 5.41) is 21.1. The Kier molecular flexibility index (Phi) is 5.41. The van der Waals surface area contributed by atoms with Crippen LogP contribution in [0.5, 0.6) is 0 Å². The summed E-state index contributed by atoms with van der Waals surface area (Å²) in [7, 11) is 1.54. The van der Waals surface area contributed by atoms with Gasteiger partial charge in [-0.3, -0.25) is 0 Å². The summed E-state index contributed by atoms with van der Waals surface area (Å²) in [6, 6.07) is 0. The van der Waals surface area contributed by atoms with E-state index >= 15 is 0 Å². The van der Waals surface area contributed by atoms with Crippen LogP contribution < -0.4 is 5.32 Å². The van der Waals surface area contributed by atoms with Crippen molar-refractivity contribution in [1.29, 1.82) is 0 Å². The first-order chi connectivity index (χ1) is 5.52. The Bertz CT molecular complexity index is 117. The van der Waals surface area contributed by atoms with Gasteiger partial charge in [0.2, 0.25) is 0 Å². The lowest BCUT2D eigenvalue weighted by Gasteiger charge is -2.25. The number of hydrogen-bond acceptors (Lipinski definition) is 4. The Morgan fingerprint density at radius 2 is 2.08 bits per heavy atom. The maximum atomic E-state index is 9.24. The Morgan fingerprint density at radius 1 is 1.50 bits per heavy atom. The topological polar surface area (TPSA) is 61.7 Å². The zero-order chi connectivity index (χ0) is 9.61. The zero-order valence-corrected chi connectivity index (χ0v) is 8.00. The normalized spacial score (nSPS) is 14.8. The Hall–Kier alpha value is -0.160. The van der Waals surface area contributed by atoms with Gasteiger partial charge in [-0.05, 0) is 13.8 Å². The van der Waals surface area contributed by atoms with Gasteiger partial charge in [-0.2, -0.15) is 0 Å². The lowest BCUT2D eigenvalue weighted by molar-refractivity contribution is 0.0558. The first-order valence-corrected chi connectivity index (χ1v) is 4.04. The lowest BCUT2D eigenvalue weighted by atomic mass is 10.1. The van der Waals surface area contributed by atoms with Crippen LogP contribution in [0.4, 0.5) is 0 Å². The summed E-state index contributed by atoms with van der Waals surface area (Å²) in [5.41, 5.74) is -0.339. The first-order valence-electron chi connectivity index (χ1n) is 4.04. The van der Waals surface area contributed by atoms with Crippen LogP contribution >= 0.6 is 0 Å². The van der Waals surface area contributed by atoms with Crippen molar-refractivity contribution in [2.24, 2.45) is 0 Å². The second-order valence-electron chi connectivity index (χ2n) is 3.53. The summed E-state index contributed by atoms with van der Waals surface area (Å²) in [6.07, 6.45) is -0.513. The molecule has 0 saturated heterocycles. The van der Waals surface area contributed by atoms with Crippen molar-refractivity contribution in [2.75, 3.05) is 26.9 Å². The van der Waals surface area contributed by atoms with Gasteiger partial charge in [-0.1, -0.05) is 0 Å². The molecule has 0 radical (unpaired) electrons. The fourth-order valence-electron chi connectivity index (χ4n) is 0.701. The van der Waals surface area contributed by atoms with Gasteiger partial charge in [0.25, 0.3) is 0 Å². The molecule has 4 nitrogen and oxygen atoms in total. The molecular formula is C8H19NO3. The molecule has 0 aromatic carbocycles. The van der Waals surface area contributed by atoms with E-state index in [9.17, 15) is 5.11 Å². The van der Waals surface area contributed by atoms with E-state index in [1.54, 1.807) is 7.11 Å². The van der Waals surface area contributed by atoms with Crippen LogP contribution in [-0.2, 0) is 4.74 Å². The molecule has 0 aliphatic rings. The molecule has 4 heteroatoms. The van der Waals surface area contributed by atoms with Crippen molar-refractivity contribution in [3.63, 3.8) is 0 Å². The quantitative estimate of drug-likeness (QED) is 0.505. The zero-order valence-electron chi connectivity index (χ0n) is 8.00. The average molecular weight is 177 g/mol. The molecule has 0 rings (SSSR count). The predicted molar refractivity (Wildman–Crippen MR) is 47.1 cm³/mol. The van der Waals surface area contributed by atoms with Crippen molar-refractivity contribution >= 4 is 0 Å². The third kappa shape index (κ3) is 5.49. The molecule has 0 fully saturated rings. The number of rotatable bonds is 6. The Labute approximate surface area is 73.5 Å². The van der Waals surface area contributed by atoms with Crippen molar-refractivity contribution in [3.8, 4) is 0 Å². The summed E-state index contributed by atoms with van der Waals surface area (Å²) in [6.45, 7) is 4.53. The van der Waals surface area contributed by atoms with E-state index in [-0.39, 0.29) is 12.1 Å². The smallest absolute Gasteiger partial charge is 0.0897 e. The highest BCUT2D eigenvalue weighted by atomic mass is 16.5. The monoisotopic (exact) mass is 177 g/mol. The highest BCUT2D eigenvalue weighted by Gasteiger charge is 2.16. The van der Waals surface area contributed by atoms with Gasteiger partial charge in [0, 0.05) is 19.2 Å². The van der Waals surface area contributed by atoms with Crippen LogP contribution in [-0.4, -0.2) is 48.7 Å². The molecule has 12 heavy (non-hydrogen) atoms. The molecule has 0 bridgehead atoms. The molecule has 1 atom stereocenters. The summed E-state index contributed by atoms with van der Waals surface area (Å²) < 4.78 is 4.75. The van der Waals surface area contributed by atoms with Crippen molar-refractivity contribution in [2.45, 2.75) is 25.5 Å². The molecule has 0 heterocycles. The highest BCUT2D eigenvalue weighted by molar-refractivity contribution is 4.77. The van der Waals surface area contributed by atoms with Gasteiger partial charge in [-0.15, -0.1) is 0 Å². The van der Waals surface area contributed by atoms with Gasteiger partial charge in [-0.25, -0.2) is 0 Å². The molecule has 0 aromatic rings. The molecule has 1 unspecified atom stereocenters. The molecule has 74 valence electrons. The van der Waals surface area contributed by atoms with Crippen molar-refractivity contribution in [3.05, 3.63) is 0 Å². The van der Waals surface area contributed by atoms with E-state index in [0.717, 1.165) is 0 Å². The van der Waals surface area contributed by atoms with Crippen LogP contribution in [0.25, 0.3) is 0 Å². The number of hydrogen-bond donors (Lipinski definition) is 3. The van der Waals surface area contributed by atoms with Crippen LogP contribution in [0.2, 0.25) is 0 Å². The van der Waals surface area contributed by atoms with E-state index < -0.39 is 6.10 Å². The van der Waals surface area contributed by atoms with Crippen molar-refractivity contribution in [1.82, 2.24) is 5.32 Å².